The molecule has 0 atom stereocenters. The Morgan fingerprint density at radius 2 is 1.16 bits per heavy atom. The van der Waals surface area contributed by atoms with Gasteiger partial charge in [0, 0.05) is 36.5 Å². The molecule has 0 saturated carbocycles. The van der Waals surface area contributed by atoms with Crippen molar-refractivity contribution in [3.05, 3.63) is 109 Å². The minimum absolute atomic E-state index is 1.19. The van der Waals surface area contributed by atoms with Crippen LogP contribution in [0.25, 0.3) is 64.2 Å². The van der Waals surface area contributed by atoms with Crippen LogP contribution in [-0.2, 0) is 0 Å². The summed E-state index contributed by atoms with van der Waals surface area (Å²) in [6.45, 7) is 0. The quantitative estimate of drug-likeness (QED) is 0.284. The average Bonchev–Trinajstić information content (AvgIpc) is 3.42. The lowest BCUT2D eigenvalue weighted by molar-refractivity contribution is 1.56. The number of hydrogen-bond donors (Lipinski definition) is 1. The van der Waals surface area contributed by atoms with E-state index < -0.39 is 0 Å². The van der Waals surface area contributed by atoms with E-state index in [2.05, 4.69) is 114 Å². The molecule has 2 heteroatoms. The molecular weight excluding hydrogens is 406 g/mol. The largest absolute Gasteiger partial charge is 0.354 e. The summed E-state index contributed by atoms with van der Waals surface area (Å²) in [6, 6.07) is 39.4. The van der Waals surface area contributed by atoms with Gasteiger partial charge in [0.2, 0.25) is 0 Å². The van der Waals surface area contributed by atoms with Crippen molar-refractivity contribution < 1.29 is 0 Å². The average molecular weight is 426 g/mol. The van der Waals surface area contributed by atoms with Crippen LogP contribution in [0.15, 0.2) is 109 Å². The zero-order valence-electron chi connectivity index (χ0n) is 17.3. The third kappa shape index (κ3) is 2.63. The fourth-order valence-corrected chi connectivity index (χ4v) is 5.96. The third-order valence-electron chi connectivity index (χ3n) is 6.44. The second kappa shape index (κ2) is 6.81. The third-order valence-corrected chi connectivity index (χ3v) is 7.57. The van der Waals surface area contributed by atoms with Crippen molar-refractivity contribution in [2.24, 2.45) is 0 Å². The van der Waals surface area contributed by atoms with E-state index in [9.17, 15) is 0 Å². The van der Waals surface area contributed by atoms with Gasteiger partial charge in [-0.3, -0.25) is 0 Å². The predicted molar refractivity (Wildman–Crippen MR) is 140 cm³/mol. The summed E-state index contributed by atoms with van der Waals surface area (Å²) in [7, 11) is 0. The molecule has 7 rings (SSSR count). The van der Waals surface area contributed by atoms with Crippen LogP contribution in [0.2, 0.25) is 0 Å². The summed E-state index contributed by atoms with van der Waals surface area (Å²) in [5, 5.41) is 5.25. The minimum atomic E-state index is 1.19. The summed E-state index contributed by atoms with van der Waals surface area (Å²) in [6.07, 6.45) is 0. The smallest absolute Gasteiger partial charge is 0.0559 e. The van der Waals surface area contributed by atoms with Crippen LogP contribution in [0.5, 0.6) is 0 Å². The first-order chi connectivity index (χ1) is 15.8. The summed E-state index contributed by atoms with van der Waals surface area (Å²) in [5.41, 5.74) is 7.41. The molecule has 0 spiro atoms. The van der Waals surface area contributed by atoms with Crippen LogP contribution in [0.3, 0.4) is 0 Å². The molecule has 0 bridgehead atoms. The number of aromatic nitrogens is 1. The van der Waals surface area contributed by atoms with Gasteiger partial charge in [-0.1, -0.05) is 84.9 Å². The highest BCUT2D eigenvalue weighted by atomic mass is 32.1. The van der Waals surface area contributed by atoms with Gasteiger partial charge in [-0.25, -0.2) is 0 Å². The van der Waals surface area contributed by atoms with Crippen LogP contribution in [0.4, 0.5) is 0 Å². The molecule has 7 aromatic rings. The van der Waals surface area contributed by atoms with Crippen molar-refractivity contribution in [2.75, 3.05) is 0 Å². The predicted octanol–water partition coefficient (Wildman–Crippen LogP) is 9.02. The second-order valence-electron chi connectivity index (χ2n) is 8.29. The molecule has 0 aliphatic carbocycles. The molecule has 0 amide bonds. The Labute approximate surface area is 189 Å². The molecule has 150 valence electrons. The molecule has 2 aromatic heterocycles. The lowest BCUT2D eigenvalue weighted by Crippen LogP contribution is -1.80. The fourth-order valence-electron chi connectivity index (χ4n) is 4.85. The molecule has 0 aliphatic rings. The molecule has 1 nitrogen and oxygen atoms in total. The number of fused-ring (bicyclic) bond motifs is 7. The molecule has 5 aromatic carbocycles. The SMILES string of the molecule is c1ccc(-c2ccc(-c3ccc4[nH]c5c(ccc6sc7ccccc7c65)c4c3)cc2)cc1. The Morgan fingerprint density at radius 1 is 0.469 bits per heavy atom. The van der Waals surface area contributed by atoms with Gasteiger partial charge in [0.15, 0.2) is 0 Å². The minimum Gasteiger partial charge on any atom is -0.354 e. The number of benzene rings is 5. The first-order valence-electron chi connectivity index (χ1n) is 10.9. The molecule has 1 N–H and O–H groups in total. The van der Waals surface area contributed by atoms with E-state index in [-0.39, 0.29) is 0 Å². The van der Waals surface area contributed by atoms with Crippen LogP contribution in [0.1, 0.15) is 0 Å². The normalized spacial score (nSPS) is 11.8. The number of thiophene rings is 1. The first kappa shape index (κ1) is 17.8. The Kier molecular flexibility index (Phi) is 3.78. The Balaban J connectivity index is 1.40. The molecular formula is C30H19NS. The van der Waals surface area contributed by atoms with E-state index in [4.69, 9.17) is 0 Å². The van der Waals surface area contributed by atoms with E-state index in [1.165, 1.54) is 64.2 Å². The van der Waals surface area contributed by atoms with Gasteiger partial charge in [-0.2, -0.15) is 0 Å². The Bertz CT molecular complexity index is 1750. The summed E-state index contributed by atoms with van der Waals surface area (Å²) >= 11 is 1.87. The number of aromatic amines is 1. The van der Waals surface area contributed by atoms with Crippen LogP contribution < -0.4 is 0 Å². The number of nitrogens with one attached hydrogen (secondary N) is 1. The summed E-state index contributed by atoms with van der Waals surface area (Å²) in [5.74, 6) is 0. The van der Waals surface area contributed by atoms with Crippen LogP contribution >= 0.6 is 11.3 Å². The molecule has 2 heterocycles. The summed E-state index contributed by atoms with van der Waals surface area (Å²) in [4.78, 5) is 3.72. The van der Waals surface area contributed by atoms with E-state index >= 15 is 0 Å². The maximum atomic E-state index is 3.72. The van der Waals surface area contributed by atoms with Gasteiger partial charge in [0.05, 0.1) is 5.52 Å². The highest BCUT2D eigenvalue weighted by Crippen LogP contribution is 2.40. The molecule has 0 radical (unpaired) electrons. The van der Waals surface area contributed by atoms with Crippen molar-refractivity contribution in [2.45, 2.75) is 0 Å². The molecule has 32 heavy (non-hydrogen) atoms. The number of H-pyrrole nitrogens is 1. The van der Waals surface area contributed by atoms with E-state index in [0.717, 1.165) is 0 Å². The van der Waals surface area contributed by atoms with Crippen molar-refractivity contribution >= 4 is 53.3 Å². The van der Waals surface area contributed by atoms with E-state index in [1.54, 1.807) is 0 Å². The monoisotopic (exact) mass is 425 g/mol. The maximum absolute atomic E-state index is 3.72. The Morgan fingerprint density at radius 3 is 2.00 bits per heavy atom. The standard InChI is InChI=1S/C30H19NS/c1-2-6-19(7-3-1)20-10-12-21(13-11-20)22-14-16-26-25(18-22)23-15-17-28-29(30(23)31-26)24-8-4-5-9-27(24)32-28/h1-18,31H. The number of rotatable bonds is 2. The highest BCUT2D eigenvalue weighted by Gasteiger charge is 2.13. The maximum Gasteiger partial charge on any atom is 0.0559 e. The molecule has 0 fully saturated rings. The highest BCUT2D eigenvalue weighted by molar-refractivity contribution is 7.26. The van der Waals surface area contributed by atoms with E-state index in [0.29, 0.717) is 0 Å². The van der Waals surface area contributed by atoms with Crippen molar-refractivity contribution in [1.82, 2.24) is 4.98 Å². The zero-order chi connectivity index (χ0) is 21.1. The van der Waals surface area contributed by atoms with Gasteiger partial charge >= 0.3 is 0 Å². The zero-order valence-corrected chi connectivity index (χ0v) is 18.1. The van der Waals surface area contributed by atoms with Crippen molar-refractivity contribution in [3.8, 4) is 22.3 Å². The molecule has 0 aliphatic heterocycles. The molecule has 0 unspecified atom stereocenters. The first-order valence-corrected chi connectivity index (χ1v) is 11.7. The lowest BCUT2D eigenvalue weighted by atomic mass is 9.99. The lowest BCUT2D eigenvalue weighted by Gasteiger charge is -2.05. The van der Waals surface area contributed by atoms with Gasteiger partial charge in [0.25, 0.3) is 0 Å². The van der Waals surface area contributed by atoms with Gasteiger partial charge in [-0.05, 0) is 46.5 Å². The van der Waals surface area contributed by atoms with Crippen molar-refractivity contribution in [3.63, 3.8) is 0 Å². The second-order valence-corrected chi connectivity index (χ2v) is 9.37. The Hall–Kier alpha value is -3.88. The molecule has 0 saturated heterocycles. The van der Waals surface area contributed by atoms with Gasteiger partial charge < -0.3 is 4.98 Å². The van der Waals surface area contributed by atoms with E-state index in [1.807, 2.05) is 11.3 Å². The van der Waals surface area contributed by atoms with Crippen LogP contribution in [-0.4, -0.2) is 4.98 Å². The van der Waals surface area contributed by atoms with Crippen LogP contribution in [0, 0.1) is 0 Å². The summed E-state index contributed by atoms with van der Waals surface area (Å²) < 4.78 is 2.68. The van der Waals surface area contributed by atoms with Crippen molar-refractivity contribution in [1.29, 1.82) is 0 Å². The van der Waals surface area contributed by atoms with Gasteiger partial charge in [-0.15, -0.1) is 11.3 Å². The fraction of sp³-hybridized carbons (Fsp3) is 0. The number of hydrogen-bond acceptors (Lipinski definition) is 1. The topological polar surface area (TPSA) is 15.8 Å². The van der Waals surface area contributed by atoms with Gasteiger partial charge in [0.1, 0.15) is 0 Å².